The van der Waals surface area contributed by atoms with E-state index in [-0.39, 0.29) is 28.7 Å². The zero-order chi connectivity index (χ0) is 20.7. The van der Waals surface area contributed by atoms with Crippen molar-refractivity contribution in [2.24, 2.45) is 14.1 Å². The van der Waals surface area contributed by atoms with Crippen LogP contribution in [0.5, 0.6) is 0 Å². The van der Waals surface area contributed by atoms with Gasteiger partial charge in [0.05, 0.1) is 6.33 Å². The molecule has 3 heterocycles. The Bertz CT molecular complexity index is 1350. The number of carbonyl (C=O) groups excluding carboxylic acids is 1. The fourth-order valence-electron chi connectivity index (χ4n) is 2.82. The largest absolute Gasteiger partial charge is 0.332 e. The predicted octanol–water partition coefficient (Wildman–Crippen LogP) is 0.730. The Morgan fingerprint density at radius 1 is 1.17 bits per heavy atom. The zero-order valence-corrected chi connectivity index (χ0v) is 16.1. The second-order valence-corrected chi connectivity index (χ2v) is 6.98. The Labute approximate surface area is 166 Å². The number of halogens is 1. The number of aryl methyl sites for hydroxylation is 1. The van der Waals surface area contributed by atoms with Crippen LogP contribution in [0, 0.1) is 5.82 Å². The second-order valence-electron chi connectivity index (χ2n) is 6.23. The highest BCUT2D eigenvalue weighted by Gasteiger charge is 2.17. The van der Waals surface area contributed by atoms with E-state index in [2.05, 4.69) is 19.7 Å². The lowest BCUT2D eigenvalue weighted by Crippen LogP contribution is -2.37. The van der Waals surface area contributed by atoms with Crippen molar-refractivity contribution in [3.05, 3.63) is 57.2 Å². The van der Waals surface area contributed by atoms with Gasteiger partial charge in [0, 0.05) is 31.2 Å². The van der Waals surface area contributed by atoms with Crippen LogP contribution in [0.25, 0.3) is 22.6 Å². The summed E-state index contributed by atoms with van der Waals surface area (Å²) in [5.41, 5.74) is -0.0788. The van der Waals surface area contributed by atoms with Gasteiger partial charge in [0.25, 0.3) is 5.56 Å². The lowest BCUT2D eigenvalue weighted by atomic mass is 10.2. The molecule has 0 fully saturated rings. The first kappa shape index (κ1) is 18.7. The van der Waals surface area contributed by atoms with Crippen molar-refractivity contribution in [2.45, 2.75) is 6.54 Å². The number of aromatic nitrogens is 6. The van der Waals surface area contributed by atoms with Gasteiger partial charge in [-0.1, -0.05) is 0 Å². The Kier molecular flexibility index (Phi) is 4.54. The van der Waals surface area contributed by atoms with Crippen molar-refractivity contribution >= 4 is 33.7 Å². The number of amides is 1. The van der Waals surface area contributed by atoms with Crippen LogP contribution in [-0.4, -0.2) is 33.9 Å². The molecule has 0 aliphatic rings. The van der Waals surface area contributed by atoms with Crippen LogP contribution in [0.4, 0.5) is 9.52 Å². The molecule has 148 valence electrons. The molecule has 1 amide bonds. The number of nitrogens with one attached hydrogen (secondary N) is 1. The topological polar surface area (TPSA) is 117 Å². The van der Waals surface area contributed by atoms with Gasteiger partial charge in [0.2, 0.25) is 11.0 Å². The third kappa shape index (κ3) is 3.33. The summed E-state index contributed by atoms with van der Waals surface area (Å²) in [6, 6.07) is 5.68. The predicted molar refractivity (Wildman–Crippen MR) is 104 cm³/mol. The summed E-state index contributed by atoms with van der Waals surface area (Å²) in [4.78, 5) is 45.1. The molecular formula is C17H14FN7O3S. The van der Waals surface area contributed by atoms with Gasteiger partial charge >= 0.3 is 5.69 Å². The summed E-state index contributed by atoms with van der Waals surface area (Å²) >= 11 is 0.980. The highest BCUT2D eigenvalue weighted by atomic mass is 32.1. The molecular weight excluding hydrogens is 401 g/mol. The maximum Gasteiger partial charge on any atom is 0.332 e. The van der Waals surface area contributed by atoms with Gasteiger partial charge in [-0.2, -0.15) is 9.36 Å². The zero-order valence-electron chi connectivity index (χ0n) is 15.3. The number of hydrogen-bond donors (Lipinski definition) is 1. The van der Waals surface area contributed by atoms with Crippen molar-refractivity contribution < 1.29 is 9.18 Å². The highest BCUT2D eigenvalue weighted by molar-refractivity contribution is 7.10. The number of anilines is 1. The number of carbonyl (C=O) groups is 1. The Balaban J connectivity index is 1.56. The SMILES string of the molecule is Cn1c(=O)c2c(ncn2CC(=O)Nc2nc(-c3ccc(F)cc3)ns2)n(C)c1=O. The van der Waals surface area contributed by atoms with E-state index in [0.717, 1.165) is 16.1 Å². The molecule has 0 aliphatic heterocycles. The van der Waals surface area contributed by atoms with Crippen molar-refractivity contribution in [1.82, 2.24) is 28.0 Å². The Morgan fingerprint density at radius 2 is 1.90 bits per heavy atom. The number of nitrogens with zero attached hydrogens (tertiary/aromatic N) is 6. The molecule has 1 aromatic carbocycles. The maximum absolute atomic E-state index is 13.0. The summed E-state index contributed by atoms with van der Waals surface area (Å²) in [5, 5.41) is 2.88. The number of rotatable bonds is 4. The number of fused-ring (bicyclic) bond motifs is 1. The van der Waals surface area contributed by atoms with Gasteiger partial charge in [-0.05, 0) is 24.3 Å². The lowest BCUT2D eigenvalue weighted by Gasteiger charge is -2.06. The quantitative estimate of drug-likeness (QED) is 0.525. The van der Waals surface area contributed by atoms with E-state index in [1.165, 1.54) is 41.7 Å². The lowest BCUT2D eigenvalue weighted by molar-refractivity contribution is -0.116. The van der Waals surface area contributed by atoms with Crippen LogP contribution in [0.2, 0.25) is 0 Å². The second kappa shape index (κ2) is 7.05. The third-order valence-corrected chi connectivity index (χ3v) is 4.94. The van der Waals surface area contributed by atoms with Gasteiger partial charge in [0.15, 0.2) is 17.0 Å². The normalized spacial score (nSPS) is 11.1. The van der Waals surface area contributed by atoms with E-state index in [9.17, 15) is 18.8 Å². The molecule has 0 saturated heterocycles. The van der Waals surface area contributed by atoms with E-state index >= 15 is 0 Å². The first-order valence-electron chi connectivity index (χ1n) is 8.35. The smallest absolute Gasteiger partial charge is 0.315 e. The fraction of sp³-hybridized carbons (Fsp3) is 0.176. The molecule has 10 nitrogen and oxygen atoms in total. The molecule has 3 aromatic heterocycles. The first-order valence-corrected chi connectivity index (χ1v) is 9.13. The molecule has 0 saturated carbocycles. The van der Waals surface area contributed by atoms with E-state index in [1.807, 2.05) is 0 Å². The van der Waals surface area contributed by atoms with Crippen LogP contribution >= 0.6 is 11.5 Å². The average molecular weight is 415 g/mol. The summed E-state index contributed by atoms with van der Waals surface area (Å²) in [7, 11) is 2.86. The molecule has 0 unspecified atom stereocenters. The molecule has 0 spiro atoms. The number of hydrogen-bond acceptors (Lipinski definition) is 7. The molecule has 4 rings (SSSR count). The van der Waals surface area contributed by atoms with Crippen LogP contribution in [0.15, 0.2) is 40.2 Å². The minimum atomic E-state index is -0.539. The molecule has 0 atom stereocenters. The van der Waals surface area contributed by atoms with Crippen LogP contribution in [0.3, 0.4) is 0 Å². The van der Waals surface area contributed by atoms with Gasteiger partial charge in [-0.3, -0.25) is 24.0 Å². The van der Waals surface area contributed by atoms with E-state index in [0.29, 0.717) is 11.4 Å². The monoisotopic (exact) mass is 415 g/mol. The molecule has 0 radical (unpaired) electrons. The van der Waals surface area contributed by atoms with Crippen LogP contribution in [-0.2, 0) is 25.4 Å². The Morgan fingerprint density at radius 3 is 2.62 bits per heavy atom. The summed E-state index contributed by atoms with van der Waals surface area (Å²) in [6.07, 6.45) is 1.33. The third-order valence-electron chi connectivity index (χ3n) is 4.31. The van der Waals surface area contributed by atoms with Gasteiger partial charge in [-0.25, -0.2) is 14.2 Å². The van der Waals surface area contributed by atoms with Crippen molar-refractivity contribution in [3.8, 4) is 11.4 Å². The van der Waals surface area contributed by atoms with Gasteiger partial charge in [-0.15, -0.1) is 0 Å². The first-order chi connectivity index (χ1) is 13.8. The van der Waals surface area contributed by atoms with Crippen molar-refractivity contribution in [1.29, 1.82) is 0 Å². The van der Waals surface area contributed by atoms with Gasteiger partial charge < -0.3 is 4.57 Å². The van der Waals surface area contributed by atoms with Crippen LogP contribution < -0.4 is 16.6 Å². The van der Waals surface area contributed by atoms with Crippen molar-refractivity contribution in [3.63, 3.8) is 0 Å². The average Bonchev–Trinajstić information content (AvgIpc) is 3.32. The van der Waals surface area contributed by atoms with Crippen molar-refractivity contribution in [2.75, 3.05) is 5.32 Å². The molecule has 0 aliphatic carbocycles. The number of benzene rings is 1. The Hall–Kier alpha value is -3.67. The molecule has 0 bridgehead atoms. The minimum Gasteiger partial charge on any atom is -0.315 e. The fourth-order valence-corrected chi connectivity index (χ4v) is 3.43. The van der Waals surface area contributed by atoms with E-state index < -0.39 is 17.2 Å². The summed E-state index contributed by atoms with van der Waals surface area (Å²) in [5.74, 6) is -0.446. The molecule has 12 heteroatoms. The molecule has 1 N–H and O–H groups in total. The standard InChI is InChI=1S/C17H14FN7O3S/c1-23-14-12(15(27)24(2)17(23)28)25(8-19-14)7-11(26)20-16-21-13(22-29-16)9-3-5-10(18)6-4-9/h3-6,8H,7H2,1-2H3,(H,20,21,22,26). The number of imidazole rings is 1. The summed E-state index contributed by atoms with van der Waals surface area (Å²) < 4.78 is 20.7. The van der Waals surface area contributed by atoms with Gasteiger partial charge in [0.1, 0.15) is 12.4 Å². The molecule has 4 aromatic rings. The molecule has 29 heavy (non-hydrogen) atoms. The highest BCUT2D eigenvalue weighted by Crippen LogP contribution is 2.21. The minimum absolute atomic E-state index is 0.147. The summed E-state index contributed by atoms with van der Waals surface area (Å²) in [6.45, 7) is -0.199. The van der Waals surface area contributed by atoms with E-state index in [4.69, 9.17) is 0 Å². The maximum atomic E-state index is 13.0. The van der Waals surface area contributed by atoms with Crippen LogP contribution in [0.1, 0.15) is 0 Å². The van der Waals surface area contributed by atoms with E-state index in [1.54, 1.807) is 12.1 Å².